The Balaban J connectivity index is 0.00000529. The molecule has 140 valence electrons. The summed E-state index contributed by atoms with van der Waals surface area (Å²) >= 11 is 1.20. The zero-order chi connectivity index (χ0) is 17.0. The Hall–Kier alpha value is -0.390. The summed E-state index contributed by atoms with van der Waals surface area (Å²) in [5, 5.41) is 4.65. The summed E-state index contributed by atoms with van der Waals surface area (Å²) in [5.74, 6) is 0.369. The van der Waals surface area contributed by atoms with Crippen molar-refractivity contribution in [2.45, 2.75) is 49.7 Å². The molecule has 6 nitrogen and oxygen atoms in total. The summed E-state index contributed by atoms with van der Waals surface area (Å²) in [6, 6.07) is 3.29. The highest BCUT2D eigenvalue weighted by Gasteiger charge is 2.13. The fourth-order valence-corrected chi connectivity index (χ4v) is 4.08. The number of unbranched alkanes of at least 4 members (excludes halogenated alkanes) is 5. The van der Waals surface area contributed by atoms with Crippen molar-refractivity contribution in [1.29, 1.82) is 0 Å². The first kappa shape index (κ1) is 23.6. The lowest BCUT2D eigenvalue weighted by molar-refractivity contribution is 0.583. The highest BCUT2D eigenvalue weighted by Crippen LogP contribution is 2.14. The maximum atomic E-state index is 11.9. The predicted octanol–water partition coefficient (Wildman–Crippen LogP) is 2.91. The molecule has 4 N–H and O–H groups in total. The third-order valence-corrected chi connectivity index (χ3v) is 6.14. The van der Waals surface area contributed by atoms with Crippen LogP contribution in [0, 0.1) is 0 Å². The summed E-state index contributed by atoms with van der Waals surface area (Å²) in [5.41, 5.74) is 5.74. The fraction of sp³-hybridized carbons (Fsp3) is 0.667. The molecule has 9 heteroatoms. The topological polar surface area (TPSA) is 96.6 Å². The fourth-order valence-electron chi connectivity index (χ4n) is 2.01. The quantitative estimate of drug-likeness (QED) is 0.183. The van der Waals surface area contributed by atoms with Gasteiger partial charge in [0.05, 0.1) is 0 Å². The second-order valence-corrected chi connectivity index (χ2v) is 8.23. The van der Waals surface area contributed by atoms with Gasteiger partial charge in [-0.1, -0.05) is 45.1 Å². The molecule has 0 fully saturated rings. The molecule has 1 rings (SSSR count). The summed E-state index contributed by atoms with van der Waals surface area (Å²) < 4.78 is 26.6. The van der Waals surface area contributed by atoms with E-state index in [-0.39, 0.29) is 30.5 Å². The van der Waals surface area contributed by atoms with E-state index < -0.39 is 10.0 Å². The maximum absolute atomic E-state index is 11.9. The third-order valence-electron chi connectivity index (χ3n) is 3.28. The van der Waals surface area contributed by atoms with Crippen LogP contribution >= 0.6 is 35.3 Å². The van der Waals surface area contributed by atoms with E-state index in [1.165, 1.54) is 43.4 Å². The van der Waals surface area contributed by atoms with Crippen molar-refractivity contribution in [2.24, 2.45) is 10.7 Å². The molecule has 1 aromatic rings. The standard InChI is InChI=1S/C15H28N4O2S2.HI/c1-2-3-4-5-6-7-10-17-15(16)18-11-12-19-23(20,21)14-9-8-13-22-14;/h8-9,13,19H,2-7,10-12H2,1H3,(H3,16,17,18);1H. The molecule has 0 amide bonds. The second kappa shape index (κ2) is 13.9. The molecule has 0 aliphatic rings. The van der Waals surface area contributed by atoms with Crippen LogP contribution in [0.3, 0.4) is 0 Å². The molecule has 0 aliphatic heterocycles. The minimum atomic E-state index is -3.40. The summed E-state index contributed by atoms with van der Waals surface area (Å²) in [7, 11) is -3.40. The van der Waals surface area contributed by atoms with Gasteiger partial charge in [0.2, 0.25) is 10.0 Å². The summed E-state index contributed by atoms with van der Waals surface area (Å²) in [6.07, 6.45) is 7.31. The average molecular weight is 488 g/mol. The van der Waals surface area contributed by atoms with E-state index in [1.807, 2.05) is 0 Å². The van der Waals surface area contributed by atoms with E-state index in [0.717, 1.165) is 6.42 Å². The number of nitrogens with two attached hydrogens (primary N) is 1. The number of aliphatic imine (C=N–C) groups is 1. The SMILES string of the molecule is CCCCCCCCN=C(N)NCCNS(=O)(=O)c1cccs1.I. The molecule has 1 heterocycles. The Morgan fingerprint density at radius 1 is 1.21 bits per heavy atom. The van der Waals surface area contributed by atoms with Crippen LogP contribution < -0.4 is 15.8 Å². The Morgan fingerprint density at radius 3 is 2.58 bits per heavy atom. The zero-order valence-corrected chi connectivity index (χ0v) is 18.1. The highest BCUT2D eigenvalue weighted by molar-refractivity contribution is 14.0. The third kappa shape index (κ3) is 10.5. The van der Waals surface area contributed by atoms with Gasteiger partial charge in [0, 0.05) is 19.6 Å². The summed E-state index contributed by atoms with van der Waals surface area (Å²) in [4.78, 5) is 4.23. The van der Waals surface area contributed by atoms with Crippen molar-refractivity contribution in [3.8, 4) is 0 Å². The lowest BCUT2D eigenvalue weighted by Crippen LogP contribution is -2.38. The molecular weight excluding hydrogens is 459 g/mol. The lowest BCUT2D eigenvalue weighted by Gasteiger charge is -2.07. The van der Waals surface area contributed by atoms with E-state index >= 15 is 0 Å². The molecule has 0 aliphatic carbocycles. The van der Waals surface area contributed by atoms with Gasteiger partial charge in [-0.25, -0.2) is 13.1 Å². The molecular formula is C15H29IN4O2S2. The number of guanidine groups is 1. The van der Waals surface area contributed by atoms with Crippen LogP contribution in [-0.4, -0.2) is 34.0 Å². The van der Waals surface area contributed by atoms with Gasteiger partial charge in [-0.3, -0.25) is 4.99 Å². The number of halogens is 1. The van der Waals surface area contributed by atoms with Crippen molar-refractivity contribution >= 4 is 51.3 Å². The zero-order valence-electron chi connectivity index (χ0n) is 14.2. The Labute approximate surface area is 166 Å². The molecule has 1 aromatic heterocycles. The number of hydrogen-bond acceptors (Lipinski definition) is 4. The number of hydrogen-bond donors (Lipinski definition) is 3. The van der Waals surface area contributed by atoms with Crippen LogP contribution in [-0.2, 0) is 10.0 Å². The molecule has 0 bridgehead atoms. The van der Waals surface area contributed by atoms with Gasteiger partial charge in [0.15, 0.2) is 5.96 Å². The number of nitrogens with one attached hydrogen (secondary N) is 2. The molecule has 24 heavy (non-hydrogen) atoms. The van der Waals surface area contributed by atoms with Crippen molar-refractivity contribution in [3.05, 3.63) is 17.5 Å². The van der Waals surface area contributed by atoms with E-state index in [0.29, 0.717) is 23.3 Å². The van der Waals surface area contributed by atoms with Crippen molar-refractivity contribution in [3.63, 3.8) is 0 Å². The minimum absolute atomic E-state index is 0. The van der Waals surface area contributed by atoms with Crippen LogP contribution in [0.5, 0.6) is 0 Å². The highest BCUT2D eigenvalue weighted by atomic mass is 127. The molecule has 0 radical (unpaired) electrons. The van der Waals surface area contributed by atoms with E-state index in [1.54, 1.807) is 17.5 Å². The molecule has 0 unspecified atom stereocenters. The lowest BCUT2D eigenvalue weighted by atomic mass is 10.1. The maximum Gasteiger partial charge on any atom is 0.250 e. The minimum Gasteiger partial charge on any atom is -0.370 e. The van der Waals surface area contributed by atoms with E-state index in [2.05, 4.69) is 22.0 Å². The van der Waals surface area contributed by atoms with Gasteiger partial charge in [0.1, 0.15) is 4.21 Å². The van der Waals surface area contributed by atoms with Gasteiger partial charge in [-0.2, -0.15) is 0 Å². The molecule has 0 saturated carbocycles. The first-order valence-corrected chi connectivity index (χ1v) is 10.5. The van der Waals surface area contributed by atoms with E-state index in [4.69, 9.17) is 5.73 Å². The molecule has 0 atom stereocenters. The average Bonchev–Trinajstić information content (AvgIpc) is 3.06. The van der Waals surface area contributed by atoms with Crippen LogP contribution in [0.2, 0.25) is 0 Å². The number of thiophene rings is 1. The Bertz CT molecular complexity index is 548. The second-order valence-electron chi connectivity index (χ2n) is 5.29. The van der Waals surface area contributed by atoms with Crippen molar-refractivity contribution < 1.29 is 8.42 Å². The van der Waals surface area contributed by atoms with Crippen molar-refractivity contribution in [2.75, 3.05) is 19.6 Å². The normalized spacial score (nSPS) is 12.0. The monoisotopic (exact) mass is 488 g/mol. The number of sulfonamides is 1. The first-order chi connectivity index (χ1) is 11.1. The smallest absolute Gasteiger partial charge is 0.250 e. The van der Waals surface area contributed by atoms with Crippen LogP contribution in [0.4, 0.5) is 0 Å². The van der Waals surface area contributed by atoms with Crippen molar-refractivity contribution in [1.82, 2.24) is 10.0 Å². The molecule has 0 saturated heterocycles. The van der Waals surface area contributed by atoms with Gasteiger partial charge in [0.25, 0.3) is 0 Å². The predicted molar refractivity (Wildman–Crippen MR) is 113 cm³/mol. The van der Waals surface area contributed by atoms with Crippen LogP contribution in [0.15, 0.2) is 26.7 Å². The van der Waals surface area contributed by atoms with Crippen LogP contribution in [0.1, 0.15) is 45.4 Å². The van der Waals surface area contributed by atoms with Gasteiger partial charge >= 0.3 is 0 Å². The Kier molecular flexibility index (Phi) is 13.6. The molecule has 0 spiro atoms. The van der Waals surface area contributed by atoms with Gasteiger partial charge in [-0.15, -0.1) is 35.3 Å². The summed E-state index contributed by atoms with van der Waals surface area (Å²) in [6.45, 7) is 3.60. The van der Waals surface area contributed by atoms with Gasteiger partial charge in [-0.05, 0) is 17.9 Å². The number of nitrogens with zero attached hydrogens (tertiary/aromatic N) is 1. The van der Waals surface area contributed by atoms with Gasteiger partial charge < -0.3 is 11.1 Å². The molecule has 0 aromatic carbocycles. The van der Waals surface area contributed by atoms with E-state index in [9.17, 15) is 8.42 Å². The number of rotatable bonds is 12. The van der Waals surface area contributed by atoms with Crippen LogP contribution in [0.25, 0.3) is 0 Å². The largest absolute Gasteiger partial charge is 0.370 e. The Morgan fingerprint density at radius 2 is 1.92 bits per heavy atom. The first-order valence-electron chi connectivity index (χ1n) is 8.13.